The monoisotopic (exact) mass is 327 g/mol. The van der Waals surface area contributed by atoms with Crippen molar-refractivity contribution in [1.29, 1.82) is 5.26 Å². The SMILES string of the molecule is CN(CC1CCNCC1)S(=O)(=O)c1ccc(C#N)c(Cl)c1. The number of rotatable bonds is 4. The van der Waals surface area contributed by atoms with Crippen molar-refractivity contribution >= 4 is 21.6 Å². The third-order valence-electron chi connectivity index (χ3n) is 3.74. The van der Waals surface area contributed by atoms with Gasteiger partial charge in [-0.1, -0.05) is 11.6 Å². The van der Waals surface area contributed by atoms with Crippen LogP contribution in [0.5, 0.6) is 0 Å². The van der Waals surface area contributed by atoms with Gasteiger partial charge in [0.15, 0.2) is 0 Å². The van der Waals surface area contributed by atoms with Crippen LogP contribution in [0.3, 0.4) is 0 Å². The second-order valence-electron chi connectivity index (χ2n) is 5.23. The molecule has 1 aromatic rings. The highest BCUT2D eigenvalue weighted by Crippen LogP contribution is 2.23. The molecule has 1 saturated heterocycles. The molecule has 0 spiro atoms. The van der Waals surface area contributed by atoms with Crippen molar-refractivity contribution in [3.63, 3.8) is 0 Å². The van der Waals surface area contributed by atoms with Gasteiger partial charge in [-0.25, -0.2) is 12.7 Å². The molecule has 21 heavy (non-hydrogen) atoms. The van der Waals surface area contributed by atoms with Gasteiger partial charge in [0.2, 0.25) is 10.0 Å². The molecule has 0 radical (unpaired) electrons. The van der Waals surface area contributed by atoms with Crippen LogP contribution in [0.2, 0.25) is 5.02 Å². The lowest BCUT2D eigenvalue weighted by atomic mass is 9.98. The summed E-state index contributed by atoms with van der Waals surface area (Å²) in [5, 5.41) is 12.3. The van der Waals surface area contributed by atoms with Crippen molar-refractivity contribution in [2.75, 3.05) is 26.7 Å². The van der Waals surface area contributed by atoms with Crippen LogP contribution in [-0.4, -0.2) is 39.4 Å². The molecule has 0 saturated carbocycles. The van der Waals surface area contributed by atoms with Gasteiger partial charge in [0.1, 0.15) is 6.07 Å². The van der Waals surface area contributed by atoms with Gasteiger partial charge in [0.25, 0.3) is 0 Å². The summed E-state index contributed by atoms with van der Waals surface area (Å²) in [5.41, 5.74) is 0.275. The van der Waals surface area contributed by atoms with Gasteiger partial charge >= 0.3 is 0 Å². The zero-order chi connectivity index (χ0) is 15.5. The van der Waals surface area contributed by atoms with Gasteiger partial charge in [0.05, 0.1) is 15.5 Å². The van der Waals surface area contributed by atoms with Gasteiger partial charge in [-0.3, -0.25) is 0 Å². The summed E-state index contributed by atoms with van der Waals surface area (Å²) >= 11 is 5.92. The van der Waals surface area contributed by atoms with E-state index in [4.69, 9.17) is 16.9 Å². The number of halogens is 1. The Morgan fingerprint density at radius 2 is 2.10 bits per heavy atom. The van der Waals surface area contributed by atoms with Gasteiger partial charge in [-0.05, 0) is 50.0 Å². The minimum atomic E-state index is -3.57. The van der Waals surface area contributed by atoms with Crippen molar-refractivity contribution in [2.45, 2.75) is 17.7 Å². The molecule has 2 rings (SSSR count). The van der Waals surface area contributed by atoms with E-state index in [0.29, 0.717) is 12.5 Å². The zero-order valence-electron chi connectivity index (χ0n) is 11.8. The van der Waals surface area contributed by atoms with Crippen molar-refractivity contribution in [2.24, 2.45) is 5.92 Å². The minimum Gasteiger partial charge on any atom is -0.317 e. The molecule has 0 aliphatic carbocycles. The summed E-state index contributed by atoms with van der Waals surface area (Å²) in [6.07, 6.45) is 1.96. The predicted octanol–water partition coefficient (Wildman–Crippen LogP) is 1.83. The van der Waals surface area contributed by atoms with Crippen LogP contribution in [0.15, 0.2) is 23.1 Å². The molecule has 0 amide bonds. The van der Waals surface area contributed by atoms with Crippen LogP contribution < -0.4 is 5.32 Å². The van der Waals surface area contributed by atoms with Gasteiger partial charge in [0, 0.05) is 13.6 Å². The zero-order valence-corrected chi connectivity index (χ0v) is 13.4. The molecule has 7 heteroatoms. The summed E-state index contributed by atoms with van der Waals surface area (Å²) < 4.78 is 26.4. The third kappa shape index (κ3) is 3.74. The van der Waals surface area contributed by atoms with Crippen molar-refractivity contribution in [3.05, 3.63) is 28.8 Å². The Morgan fingerprint density at radius 3 is 2.67 bits per heavy atom. The molecule has 1 aliphatic heterocycles. The number of piperidine rings is 1. The number of nitrogens with zero attached hydrogens (tertiary/aromatic N) is 2. The van der Waals surface area contributed by atoms with E-state index in [2.05, 4.69) is 5.32 Å². The summed E-state index contributed by atoms with van der Waals surface area (Å²) in [6.45, 7) is 2.37. The second kappa shape index (κ2) is 6.75. The lowest BCUT2D eigenvalue weighted by Crippen LogP contribution is -2.37. The highest BCUT2D eigenvalue weighted by atomic mass is 35.5. The van der Waals surface area contributed by atoms with Crippen LogP contribution in [0.4, 0.5) is 0 Å². The average molecular weight is 328 g/mol. The van der Waals surface area contributed by atoms with Crippen molar-refractivity contribution in [1.82, 2.24) is 9.62 Å². The average Bonchev–Trinajstić information content (AvgIpc) is 2.48. The normalized spacial score (nSPS) is 16.9. The Morgan fingerprint density at radius 1 is 1.43 bits per heavy atom. The van der Waals surface area contributed by atoms with Crippen molar-refractivity contribution < 1.29 is 8.42 Å². The minimum absolute atomic E-state index is 0.128. The maximum atomic E-state index is 12.5. The first-order chi connectivity index (χ1) is 9.95. The van der Waals surface area contributed by atoms with E-state index in [1.807, 2.05) is 6.07 Å². The number of nitriles is 1. The first kappa shape index (κ1) is 16.2. The molecule has 1 aliphatic rings. The Kier molecular flexibility index (Phi) is 5.22. The largest absolute Gasteiger partial charge is 0.317 e. The molecule has 1 heterocycles. The van der Waals surface area contributed by atoms with E-state index < -0.39 is 10.0 Å². The third-order valence-corrected chi connectivity index (χ3v) is 5.88. The molecule has 0 unspecified atom stereocenters. The maximum Gasteiger partial charge on any atom is 0.242 e. The van der Waals surface area contributed by atoms with Gasteiger partial charge in [-0.15, -0.1) is 0 Å². The molecule has 1 fully saturated rings. The summed E-state index contributed by atoms with van der Waals surface area (Å²) in [4.78, 5) is 0.128. The summed E-state index contributed by atoms with van der Waals surface area (Å²) in [5.74, 6) is 0.375. The highest BCUT2D eigenvalue weighted by Gasteiger charge is 2.25. The number of nitrogens with one attached hydrogen (secondary N) is 1. The Bertz CT molecular complexity index is 649. The first-order valence-electron chi connectivity index (χ1n) is 6.82. The van der Waals surface area contributed by atoms with Gasteiger partial charge in [-0.2, -0.15) is 5.26 Å². The molecular weight excluding hydrogens is 310 g/mol. The topological polar surface area (TPSA) is 73.2 Å². The van der Waals surface area contributed by atoms with Crippen molar-refractivity contribution in [3.8, 4) is 6.07 Å². The lowest BCUT2D eigenvalue weighted by molar-refractivity contribution is 0.311. The second-order valence-corrected chi connectivity index (χ2v) is 7.68. The molecule has 114 valence electrons. The van der Waals surface area contributed by atoms with Crippen LogP contribution in [0.25, 0.3) is 0 Å². The van der Waals surface area contributed by atoms with E-state index >= 15 is 0 Å². The van der Waals surface area contributed by atoms with Crippen LogP contribution >= 0.6 is 11.6 Å². The molecular formula is C14H18ClN3O2S. The fraction of sp³-hybridized carbons (Fsp3) is 0.500. The summed E-state index contributed by atoms with van der Waals surface area (Å²) in [6, 6.07) is 6.13. The van der Waals surface area contributed by atoms with E-state index in [0.717, 1.165) is 25.9 Å². The Labute approximate surface area is 130 Å². The number of sulfonamides is 1. The van der Waals surface area contributed by atoms with E-state index in [1.165, 1.54) is 22.5 Å². The first-order valence-corrected chi connectivity index (χ1v) is 8.63. The van der Waals surface area contributed by atoms with E-state index in [-0.39, 0.29) is 15.5 Å². The molecule has 0 atom stereocenters. The highest BCUT2D eigenvalue weighted by molar-refractivity contribution is 7.89. The smallest absolute Gasteiger partial charge is 0.242 e. The molecule has 0 aromatic heterocycles. The van der Waals surface area contributed by atoms with E-state index in [9.17, 15) is 8.42 Å². The fourth-order valence-corrected chi connectivity index (χ4v) is 4.01. The van der Waals surface area contributed by atoms with Gasteiger partial charge < -0.3 is 5.32 Å². The molecule has 1 aromatic carbocycles. The standard InChI is InChI=1S/C14H18ClN3O2S/c1-18(10-11-4-6-17-7-5-11)21(19,20)13-3-2-12(9-16)14(15)8-13/h2-3,8,11,17H,4-7,10H2,1H3. The van der Waals surface area contributed by atoms with Crippen LogP contribution in [0.1, 0.15) is 18.4 Å². The maximum absolute atomic E-state index is 12.5. The molecule has 5 nitrogen and oxygen atoms in total. The quantitative estimate of drug-likeness (QED) is 0.915. The Hall–Kier alpha value is -1.13. The number of benzene rings is 1. The lowest BCUT2D eigenvalue weighted by Gasteiger charge is -2.27. The molecule has 1 N–H and O–H groups in total. The Balaban J connectivity index is 2.16. The van der Waals surface area contributed by atoms with Crippen LogP contribution in [-0.2, 0) is 10.0 Å². The van der Waals surface area contributed by atoms with Crippen LogP contribution in [0, 0.1) is 17.2 Å². The molecule has 0 bridgehead atoms. The predicted molar refractivity (Wildman–Crippen MR) is 81.6 cm³/mol. The number of hydrogen-bond acceptors (Lipinski definition) is 4. The number of hydrogen-bond donors (Lipinski definition) is 1. The van der Waals surface area contributed by atoms with E-state index in [1.54, 1.807) is 7.05 Å². The summed E-state index contributed by atoms with van der Waals surface area (Å²) in [7, 11) is -1.98. The fourth-order valence-electron chi connectivity index (χ4n) is 2.45.